The number of hydrogen-bond donors (Lipinski definition) is 1. The zero-order valence-electron chi connectivity index (χ0n) is 11.5. The Bertz CT molecular complexity index is 584. The van der Waals surface area contributed by atoms with Gasteiger partial charge in [0.1, 0.15) is 17.5 Å². The summed E-state index contributed by atoms with van der Waals surface area (Å²) in [5.41, 5.74) is -0.166. The van der Waals surface area contributed by atoms with Crippen LogP contribution in [0.4, 0.5) is 13.2 Å². The summed E-state index contributed by atoms with van der Waals surface area (Å²) in [5.74, 6) is -2.30. The van der Waals surface area contributed by atoms with Gasteiger partial charge in [0.2, 0.25) is 0 Å². The molecule has 5 heteroatoms. The summed E-state index contributed by atoms with van der Waals surface area (Å²) in [6.45, 7) is 4.14. The zero-order valence-corrected chi connectivity index (χ0v) is 12.3. The molecule has 0 fully saturated rings. The first-order valence-corrected chi connectivity index (χ1v) is 7.17. The number of benzene rings is 1. The molecule has 0 amide bonds. The molecule has 1 nitrogen and oxygen atoms in total. The standard InChI is InChI=1S/C15H16F3NS/c1-8(2)15(19-3)13-5-4-12(20-13)14-10(17)6-9(16)7-11(14)18/h4-8,15,19H,1-3H3. The predicted molar refractivity (Wildman–Crippen MR) is 76.3 cm³/mol. The van der Waals surface area contributed by atoms with Gasteiger partial charge < -0.3 is 5.32 Å². The van der Waals surface area contributed by atoms with Crippen molar-refractivity contribution in [1.82, 2.24) is 5.32 Å². The van der Waals surface area contributed by atoms with E-state index >= 15 is 0 Å². The molecule has 2 aromatic rings. The van der Waals surface area contributed by atoms with Gasteiger partial charge in [0.25, 0.3) is 0 Å². The van der Waals surface area contributed by atoms with Gasteiger partial charge in [0, 0.05) is 27.9 Å². The van der Waals surface area contributed by atoms with Crippen LogP contribution in [0.5, 0.6) is 0 Å². The van der Waals surface area contributed by atoms with Crippen molar-refractivity contribution in [2.24, 2.45) is 5.92 Å². The Morgan fingerprint density at radius 3 is 2.15 bits per heavy atom. The van der Waals surface area contributed by atoms with Crippen LogP contribution in [0.2, 0.25) is 0 Å². The second-order valence-electron chi connectivity index (χ2n) is 4.96. The monoisotopic (exact) mass is 299 g/mol. The molecule has 0 aliphatic carbocycles. The fourth-order valence-electron chi connectivity index (χ4n) is 2.24. The van der Waals surface area contributed by atoms with Crippen molar-refractivity contribution in [3.8, 4) is 10.4 Å². The summed E-state index contributed by atoms with van der Waals surface area (Å²) in [5, 5.41) is 3.18. The highest BCUT2D eigenvalue weighted by molar-refractivity contribution is 7.15. The van der Waals surface area contributed by atoms with Crippen molar-refractivity contribution in [2.45, 2.75) is 19.9 Å². The molecule has 2 rings (SSSR count). The highest BCUT2D eigenvalue weighted by Crippen LogP contribution is 2.36. The number of nitrogens with one attached hydrogen (secondary N) is 1. The Morgan fingerprint density at radius 1 is 1.05 bits per heavy atom. The van der Waals surface area contributed by atoms with Crippen LogP contribution in [0.15, 0.2) is 24.3 Å². The van der Waals surface area contributed by atoms with Crippen LogP contribution in [0.1, 0.15) is 24.8 Å². The minimum Gasteiger partial charge on any atom is -0.312 e. The van der Waals surface area contributed by atoms with Gasteiger partial charge in [-0.25, -0.2) is 13.2 Å². The first-order valence-electron chi connectivity index (χ1n) is 6.36. The van der Waals surface area contributed by atoms with Crippen LogP contribution in [-0.2, 0) is 0 Å². The van der Waals surface area contributed by atoms with Crippen molar-refractivity contribution < 1.29 is 13.2 Å². The topological polar surface area (TPSA) is 12.0 Å². The average Bonchev–Trinajstić information content (AvgIpc) is 2.77. The molecular formula is C15H16F3NS. The van der Waals surface area contributed by atoms with Gasteiger partial charge in [-0.1, -0.05) is 13.8 Å². The van der Waals surface area contributed by atoms with Crippen molar-refractivity contribution >= 4 is 11.3 Å². The van der Waals surface area contributed by atoms with E-state index in [4.69, 9.17) is 0 Å². The van der Waals surface area contributed by atoms with Crippen LogP contribution >= 0.6 is 11.3 Å². The van der Waals surface area contributed by atoms with Gasteiger partial charge in [-0.3, -0.25) is 0 Å². The molecule has 108 valence electrons. The van der Waals surface area contributed by atoms with E-state index in [0.29, 0.717) is 22.9 Å². The zero-order chi connectivity index (χ0) is 14.9. The fourth-order valence-corrected chi connectivity index (χ4v) is 3.58. The van der Waals surface area contributed by atoms with Crippen LogP contribution < -0.4 is 5.32 Å². The quantitative estimate of drug-likeness (QED) is 0.859. The van der Waals surface area contributed by atoms with Crippen LogP contribution in [0.3, 0.4) is 0 Å². The lowest BCUT2D eigenvalue weighted by molar-refractivity contribution is 0.449. The van der Waals surface area contributed by atoms with E-state index in [2.05, 4.69) is 19.2 Å². The lowest BCUT2D eigenvalue weighted by Crippen LogP contribution is -2.20. The van der Waals surface area contributed by atoms with E-state index in [1.807, 2.05) is 13.1 Å². The summed E-state index contributed by atoms with van der Waals surface area (Å²) >= 11 is 1.32. The Morgan fingerprint density at radius 2 is 1.65 bits per heavy atom. The van der Waals surface area contributed by atoms with Gasteiger partial charge in [0.15, 0.2) is 0 Å². The van der Waals surface area contributed by atoms with Gasteiger partial charge in [-0.15, -0.1) is 11.3 Å². The maximum Gasteiger partial charge on any atom is 0.137 e. The molecule has 1 heterocycles. The molecule has 0 spiro atoms. The second-order valence-corrected chi connectivity index (χ2v) is 6.07. The third-order valence-corrected chi connectivity index (χ3v) is 4.35. The number of rotatable bonds is 4. The number of hydrogen-bond acceptors (Lipinski definition) is 2. The molecular weight excluding hydrogens is 283 g/mol. The third kappa shape index (κ3) is 2.88. The van der Waals surface area contributed by atoms with Crippen molar-refractivity contribution in [3.63, 3.8) is 0 Å². The first kappa shape index (κ1) is 15.1. The molecule has 0 radical (unpaired) electrons. The predicted octanol–water partition coefficient (Wildman–Crippen LogP) is 4.75. The molecule has 1 aromatic carbocycles. The molecule has 0 bridgehead atoms. The molecule has 0 saturated carbocycles. The minimum absolute atomic E-state index is 0.125. The molecule has 1 N–H and O–H groups in total. The number of thiophene rings is 1. The number of halogens is 3. The highest BCUT2D eigenvalue weighted by atomic mass is 32.1. The summed E-state index contributed by atoms with van der Waals surface area (Å²) in [4.78, 5) is 1.47. The van der Waals surface area contributed by atoms with Gasteiger partial charge in [0.05, 0.1) is 5.56 Å². The lowest BCUT2D eigenvalue weighted by atomic mass is 10.0. The largest absolute Gasteiger partial charge is 0.312 e. The van der Waals surface area contributed by atoms with E-state index in [-0.39, 0.29) is 11.6 Å². The minimum atomic E-state index is -0.907. The third-order valence-electron chi connectivity index (χ3n) is 3.16. The summed E-state index contributed by atoms with van der Waals surface area (Å²) in [6.07, 6.45) is 0. The van der Waals surface area contributed by atoms with Crippen molar-refractivity contribution in [1.29, 1.82) is 0 Å². The molecule has 1 aromatic heterocycles. The first-order chi connectivity index (χ1) is 9.43. The van der Waals surface area contributed by atoms with Gasteiger partial charge in [-0.2, -0.15) is 0 Å². The maximum atomic E-state index is 13.8. The smallest absolute Gasteiger partial charge is 0.137 e. The molecule has 1 atom stereocenters. The van der Waals surface area contributed by atoms with E-state index in [0.717, 1.165) is 4.88 Å². The molecule has 0 aliphatic heterocycles. The Labute approximate surface area is 120 Å². The molecule has 0 saturated heterocycles. The Hall–Kier alpha value is -1.33. The molecule has 20 heavy (non-hydrogen) atoms. The maximum absolute atomic E-state index is 13.8. The molecule has 1 unspecified atom stereocenters. The van der Waals surface area contributed by atoms with E-state index < -0.39 is 17.5 Å². The lowest BCUT2D eigenvalue weighted by Gasteiger charge is -2.18. The van der Waals surface area contributed by atoms with Gasteiger partial charge in [-0.05, 0) is 25.1 Å². The second kappa shape index (κ2) is 5.97. The fraction of sp³-hybridized carbons (Fsp3) is 0.333. The normalized spacial score (nSPS) is 12.9. The SMILES string of the molecule is CNC(c1ccc(-c2c(F)cc(F)cc2F)s1)C(C)C. The summed E-state index contributed by atoms with van der Waals surface area (Å²) in [7, 11) is 1.85. The van der Waals surface area contributed by atoms with E-state index in [1.54, 1.807) is 6.07 Å². The summed E-state index contributed by atoms with van der Waals surface area (Å²) in [6, 6.07) is 5.06. The average molecular weight is 299 g/mol. The Kier molecular flexibility index (Phi) is 4.50. The van der Waals surface area contributed by atoms with Crippen LogP contribution in [-0.4, -0.2) is 7.05 Å². The van der Waals surface area contributed by atoms with Crippen molar-refractivity contribution in [3.05, 3.63) is 46.6 Å². The van der Waals surface area contributed by atoms with Crippen molar-refractivity contribution in [2.75, 3.05) is 7.05 Å². The van der Waals surface area contributed by atoms with E-state index in [9.17, 15) is 13.2 Å². The Balaban J connectivity index is 2.43. The van der Waals surface area contributed by atoms with E-state index in [1.165, 1.54) is 11.3 Å². The van der Waals surface area contributed by atoms with Crippen LogP contribution in [0.25, 0.3) is 10.4 Å². The van der Waals surface area contributed by atoms with Crippen LogP contribution in [0, 0.1) is 23.4 Å². The van der Waals surface area contributed by atoms with Gasteiger partial charge >= 0.3 is 0 Å². The highest BCUT2D eigenvalue weighted by Gasteiger charge is 2.19. The molecule has 0 aliphatic rings. The summed E-state index contributed by atoms with van der Waals surface area (Å²) < 4.78 is 40.4.